The number of rotatable bonds is 3. The van der Waals surface area contributed by atoms with Crippen LogP contribution in [0.2, 0.25) is 0 Å². The molecule has 1 aliphatic carbocycles. The Morgan fingerprint density at radius 1 is 1.50 bits per heavy atom. The van der Waals surface area contributed by atoms with Crippen molar-refractivity contribution in [2.24, 2.45) is 0 Å². The number of sulfonamides is 1. The van der Waals surface area contributed by atoms with E-state index in [1.165, 1.54) is 0 Å². The van der Waals surface area contributed by atoms with Crippen molar-refractivity contribution in [3.8, 4) is 6.07 Å². The molecule has 0 atom stereocenters. The molecule has 0 aliphatic heterocycles. The number of nitrogens with zero attached hydrogens (tertiary/aromatic N) is 1. The Balaban J connectivity index is 2.69. The van der Waals surface area contributed by atoms with Crippen molar-refractivity contribution in [2.45, 2.75) is 37.5 Å². The predicted octanol–water partition coefficient (Wildman–Crippen LogP) is 0.370. The highest BCUT2D eigenvalue weighted by Crippen LogP contribution is 2.28. The molecule has 0 saturated heterocycles. The van der Waals surface area contributed by atoms with Crippen LogP contribution < -0.4 is 4.72 Å². The number of nitriles is 1. The van der Waals surface area contributed by atoms with Crippen LogP contribution in [0.25, 0.3) is 0 Å². The third-order valence-electron chi connectivity index (χ3n) is 1.64. The van der Waals surface area contributed by atoms with Crippen molar-refractivity contribution in [3.63, 3.8) is 0 Å². The molecule has 0 aromatic rings. The highest BCUT2D eigenvalue weighted by atomic mass is 32.2. The molecule has 5 heteroatoms. The molecule has 1 N–H and O–H groups in total. The van der Waals surface area contributed by atoms with Gasteiger partial charge in [0, 0.05) is 0 Å². The smallest absolute Gasteiger partial charge is 0.212 e. The second kappa shape index (κ2) is 2.71. The van der Waals surface area contributed by atoms with Crippen molar-refractivity contribution >= 4 is 10.0 Å². The molecule has 1 aliphatic rings. The topological polar surface area (TPSA) is 70.0 Å². The summed E-state index contributed by atoms with van der Waals surface area (Å²) in [6, 6.07) is 1.89. The van der Waals surface area contributed by atoms with Gasteiger partial charge in [-0.25, -0.2) is 8.42 Å². The summed E-state index contributed by atoms with van der Waals surface area (Å²) in [5, 5.41) is 8.32. The minimum atomic E-state index is -3.23. The van der Waals surface area contributed by atoms with Gasteiger partial charge in [0.25, 0.3) is 0 Å². The minimum Gasteiger partial charge on any atom is -0.212 e. The van der Waals surface area contributed by atoms with Crippen LogP contribution in [-0.4, -0.2) is 19.2 Å². The molecule has 0 aromatic heterocycles. The van der Waals surface area contributed by atoms with Gasteiger partial charge in [-0.2, -0.15) is 9.98 Å². The van der Waals surface area contributed by atoms with Crippen LogP contribution in [-0.2, 0) is 10.0 Å². The van der Waals surface area contributed by atoms with Gasteiger partial charge in [0.05, 0.1) is 11.3 Å². The third kappa shape index (κ3) is 2.19. The molecule has 0 spiro atoms. The summed E-state index contributed by atoms with van der Waals surface area (Å²) in [7, 11) is -3.23. The van der Waals surface area contributed by atoms with Crippen LogP contribution in [0, 0.1) is 11.3 Å². The van der Waals surface area contributed by atoms with Crippen LogP contribution in [0.5, 0.6) is 0 Å². The van der Waals surface area contributed by atoms with Crippen molar-refractivity contribution < 1.29 is 8.42 Å². The van der Waals surface area contributed by atoms with Crippen LogP contribution in [0.1, 0.15) is 26.7 Å². The van der Waals surface area contributed by atoms with Gasteiger partial charge in [-0.15, -0.1) is 0 Å². The van der Waals surface area contributed by atoms with E-state index in [0.717, 1.165) is 12.8 Å². The molecule has 68 valence electrons. The summed E-state index contributed by atoms with van der Waals surface area (Å²) in [5.41, 5.74) is -0.985. The van der Waals surface area contributed by atoms with Gasteiger partial charge in [0.1, 0.15) is 5.54 Å². The highest BCUT2D eigenvalue weighted by molar-refractivity contribution is 7.90. The summed E-state index contributed by atoms with van der Waals surface area (Å²) in [5.74, 6) is 0. The van der Waals surface area contributed by atoms with E-state index < -0.39 is 15.6 Å². The molecule has 12 heavy (non-hydrogen) atoms. The summed E-state index contributed by atoms with van der Waals surface area (Å²) in [6.45, 7) is 3.10. The van der Waals surface area contributed by atoms with Crippen LogP contribution >= 0.6 is 0 Å². The van der Waals surface area contributed by atoms with Crippen molar-refractivity contribution in [1.29, 1.82) is 5.26 Å². The summed E-state index contributed by atoms with van der Waals surface area (Å²) < 4.78 is 25.0. The predicted molar refractivity (Wildman–Crippen MR) is 44.8 cm³/mol. The normalized spacial score (nSPS) is 18.8. The molecule has 0 amide bonds. The lowest BCUT2D eigenvalue weighted by Gasteiger charge is -2.16. The van der Waals surface area contributed by atoms with Gasteiger partial charge in [-0.1, -0.05) is 0 Å². The summed E-state index contributed by atoms with van der Waals surface area (Å²) in [6.07, 6.45) is 1.44. The Bertz CT molecular complexity index is 309. The van der Waals surface area contributed by atoms with E-state index in [0.29, 0.717) is 0 Å². The molecule has 1 rings (SSSR count). The van der Waals surface area contributed by atoms with E-state index in [2.05, 4.69) is 4.72 Å². The Hall–Kier alpha value is -0.600. The first-order valence-electron chi connectivity index (χ1n) is 3.81. The van der Waals surface area contributed by atoms with Gasteiger partial charge in [-0.05, 0) is 26.7 Å². The Labute approximate surface area is 72.6 Å². The molecule has 1 fully saturated rings. The van der Waals surface area contributed by atoms with Gasteiger partial charge in [0.2, 0.25) is 10.0 Å². The van der Waals surface area contributed by atoms with E-state index >= 15 is 0 Å². The lowest BCUT2D eigenvalue weighted by molar-refractivity contribution is 0.534. The number of nitrogens with one attached hydrogen (secondary N) is 1. The zero-order valence-electron chi connectivity index (χ0n) is 7.16. The molecule has 4 nitrogen and oxygen atoms in total. The van der Waals surface area contributed by atoms with E-state index in [1.54, 1.807) is 13.8 Å². The Morgan fingerprint density at radius 3 is 2.33 bits per heavy atom. The Kier molecular flexibility index (Phi) is 2.15. The van der Waals surface area contributed by atoms with Crippen molar-refractivity contribution in [2.75, 3.05) is 0 Å². The maximum absolute atomic E-state index is 11.3. The lowest BCUT2D eigenvalue weighted by Crippen LogP contribution is -2.43. The van der Waals surface area contributed by atoms with Gasteiger partial charge in [0.15, 0.2) is 0 Å². The van der Waals surface area contributed by atoms with Crippen LogP contribution in [0.15, 0.2) is 0 Å². The largest absolute Gasteiger partial charge is 0.215 e. The van der Waals surface area contributed by atoms with Gasteiger partial charge >= 0.3 is 0 Å². The van der Waals surface area contributed by atoms with E-state index in [-0.39, 0.29) is 5.25 Å². The van der Waals surface area contributed by atoms with Crippen LogP contribution in [0.4, 0.5) is 0 Å². The summed E-state index contributed by atoms with van der Waals surface area (Å²) >= 11 is 0. The fourth-order valence-electron chi connectivity index (χ4n) is 0.840. The molecular weight excluding hydrogens is 176 g/mol. The first-order chi connectivity index (χ1) is 5.37. The standard InChI is InChI=1S/C7H12N2O2S/c1-7(2,5-8)9-12(10,11)6-3-4-6/h6,9H,3-4H2,1-2H3. The average Bonchev–Trinajstić information content (AvgIpc) is 2.65. The molecule has 0 bridgehead atoms. The fourth-order valence-corrected chi connectivity index (χ4v) is 2.52. The SMILES string of the molecule is CC(C)(C#N)NS(=O)(=O)C1CC1. The maximum atomic E-state index is 11.3. The van der Waals surface area contributed by atoms with E-state index in [4.69, 9.17) is 5.26 Å². The Morgan fingerprint density at radius 2 is 2.00 bits per heavy atom. The minimum absolute atomic E-state index is 0.259. The van der Waals surface area contributed by atoms with Crippen molar-refractivity contribution in [3.05, 3.63) is 0 Å². The number of hydrogen-bond donors (Lipinski definition) is 1. The molecule has 0 unspecified atom stereocenters. The molecule has 0 heterocycles. The first-order valence-corrected chi connectivity index (χ1v) is 5.36. The number of hydrogen-bond acceptors (Lipinski definition) is 3. The lowest BCUT2D eigenvalue weighted by atomic mass is 10.1. The van der Waals surface area contributed by atoms with Gasteiger partial charge in [-0.3, -0.25) is 0 Å². The highest BCUT2D eigenvalue weighted by Gasteiger charge is 2.38. The van der Waals surface area contributed by atoms with Gasteiger partial charge < -0.3 is 0 Å². The zero-order chi connectivity index (χ0) is 9.41. The van der Waals surface area contributed by atoms with E-state index in [1.807, 2.05) is 6.07 Å². The first kappa shape index (κ1) is 9.49. The van der Waals surface area contributed by atoms with Crippen molar-refractivity contribution in [1.82, 2.24) is 4.72 Å². The second-order valence-corrected chi connectivity index (χ2v) is 5.54. The fraction of sp³-hybridized carbons (Fsp3) is 0.857. The van der Waals surface area contributed by atoms with E-state index in [9.17, 15) is 8.42 Å². The molecule has 0 aromatic carbocycles. The maximum Gasteiger partial charge on any atom is 0.215 e. The quantitative estimate of drug-likeness (QED) is 0.695. The molecule has 0 radical (unpaired) electrons. The average molecular weight is 188 g/mol. The zero-order valence-corrected chi connectivity index (χ0v) is 7.98. The second-order valence-electron chi connectivity index (χ2n) is 3.58. The third-order valence-corrected chi connectivity index (χ3v) is 3.78. The monoisotopic (exact) mass is 188 g/mol. The molecular formula is C7H12N2O2S. The van der Waals surface area contributed by atoms with Crippen LogP contribution in [0.3, 0.4) is 0 Å². The molecule has 1 saturated carbocycles. The summed E-state index contributed by atoms with van der Waals surface area (Å²) in [4.78, 5) is 0.